The molecule has 1 aliphatic rings. The number of thioether (sulfide) groups is 1. The maximum Gasteiger partial charge on any atom is 0.174 e. The third-order valence-electron chi connectivity index (χ3n) is 7.59. The molecule has 0 radical (unpaired) electrons. The molecule has 6 nitrogen and oxygen atoms in total. The number of unbranched alkanes of at least 4 members (excludes halogenated alkanes) is 4. The van der Waals surface area contributed by atoms with Crippen LogP contribution in [0.5, 0.6) is 5.75 Å². The second-order valence-corrected chi connectivity index (χ2v) is 12.0. The zero-order valence-electron chi connectivity index (χ0n) is 27.8. The molecule has 4 rings (SSSR count). The second kappa shape index (κ2) is 23.5. The fourth-order valence-electron chi connectivity index (χ4n) is 5.06. The van der Waals surface area contributed by atoms with Gasteiger partial charge >= 0.3 is 0 Å². The summed E-state index contributed by atoms with van der Waals surface area (Å²) in [5.41, 5.74) is 3.49. The SMILES string of the molecule is C#C.CC.CCCCC1(CCCC)CCc2cc(N(C)C)ccc2SC1.c1ccc(OCCCCCc2nn[nH]n2)cc1. The highest BCUT2D eigenvalue weighted by atomic mass is 32.2. The number of aromatic nitrogens is 4. The van der Waals surface area contributed by atoms with E-state index < -0.39 is 0 Å². The van der Waals surface area contributed by atoms with Gasteiger partial charge in [0.2, 0.25) is 0 Å². The molecule has 0 atom stereocenters. The minimum absolute atomic E-state index is 0.577. The van der Waals surface area contributed by atoms with Crippen molar-refractivity contribution >= 4 is 17.4 Å². The van der Waals surface area contributed by atoms with Gasteiger partial charge in [-0.1, -0.05) is 76.8 Å². The molecule has 3 aromatic rings. The molecule has 0 unspecified atom stereocenters. The highest BCUT2D eigenvalue weighted by Gasteiger charge is 2.31. The number of terminal acetylenes is 1. The summed E-state index contributed by atoms with van der Waals surface area (Å²) in [7, 11) is 4.27. The van der Waals surface area contributed by atoms with Crippen LogP contribution in [0.4, 0.5) is 5.69 Å². The number of hydrogen-bond donors (Lipinski definition) is 1. The fourth-order valence-corrected chi connectivity index (χ4v) is 6.47. The van der Waals surface area contributed by atoms with Crippen molar-refractivity contribution in [3.63, 3.8) is 0 Å². The van der Waals surface area contributed by atoms with Crippen LogP contribution in [0.15, 0.2) is 53.4 Å². The van der Waals surface area contributed by atoms with Crippen molar-refractivity contribution in [1.82, 2.24) is 20.6 Å². The molecule has 0 saturated carbocycles. The Morgan fingerprint density at radius 2 is 1.63 bits per heavy atom. The average Bonchev–Trinajstić information content (AvgIpc) is 3.51. The summed E-state index contributed by atoms with van der Waals surface area (Å²) in [6.07, 6.45) is 23.0. The van der Waals surface area contributed by atoms with E-state index in [-0.39, 0.29) is 0 Å². The lowest BCUT2D eigenvalue weighted by molar-refractivity contribution is 0.244. The molecule has 1 aliphatic heterocycles. The molecule has 0 spiro atoms. The van der Waals surface area contributed by atoms with Gasteiger partial charge in [-0.15, -0.1) is 34.8 Å². The minimum Gasteiger partial charge on any atom is -0.494 e. The number of aryl methyl sites for hydroxylation is 2. The largest absolute Gasteiger partial charge is 0.494 e. The van der Waals surface area contributed by atoms with Crippen LogP contribution in [0.25, 0.3) is 0 Å². The average molecular weight is 608 g/mol. The number of aromatic amines is 1. The number of benzene rings is 2. The van der Waals surface area contributed by atoms with Gasteiger partial charge in [-0.05, 0) is 86.3 Å². The molecule has 0 fully saturated rings. The van der Waals surface area contributed by atoms with Crippen LogP contribution in [0.3, 0.4) is 0 Å². The molecule has 0 amide bonds. The molecule has 2 heterocycles. The smallest absolute Gasteiger partial charge is 0.174 e. The van der Waals surface area contributed by atoms with E-state index >= 15 is 0 Å². The Hall–Kier alpha value is -2.98. The van der Waals surface area contributed by atoms with E-state index in [1.165, 1.54) is 67.7 Å². The molecule has 238 valence electrons. The number of anilines is 1. The molecule has 43 heavy (non-hydrogen) atoms. The van der Waals surface area contributed by atoms with E-state index in [0.717, 1.165) is 43.9 Å². The predicted octanol–water partition coefficient (Wildman–Crippen LogP) is 9.42. The van der Waals surface area contributed by atoms with Crippen LogP contribution >= 0.6 is 11.8 Å². The third kappa shape index (κ3) is 14.8. The lowest BCUT2D eigenvalue weighted by Gasteiger charge is -2.32. The van der Waals surface area contributed by atoms with Crippen LogP contribution in [-0.2, 0) is 12.8 Å². The summed E-state index contributed by atoms with van der Waals surface area (Å²) < 4.78 is 5.59. The highest BCUT2D eigenvalue weighted by molar-refractivity contribution is 7.99. The lowest BCUT2D eigenvalue weighted by atomic mass is 9.75. The summed E-state index contributed by atoms with van der Waals surface area (Å²) in [5.74, 6) is 3.04. The Balaban J connectivity index is 0.000000395. The van der Waals surface area contributed by atoms with Gasteiger partial charge in [0, 0.05) is 36.9 Å². The van der Waals surface area contributed by atoms with Gasteiger partial charge < -0.3 is 9.64 Å². The molecule has 0 aliphatic carbocycles. The van der Waals surface area contributed by atoms with Gasteiger partial charge in [0.15, 0.2) is 5.82 Å². The van der Waals surface area contributed by atoms with E-state index in [2.05, 4.69) is 96.3 Å². The molecule has 2 aromatic carbocycles. The van der Waals surface area contributed by atoms with Crippen molar-refractivity contribution in [1.29, 1.82) is 0 Å². The Morgan fingerprint density at radius 3 is 2.23 bits per heavy atom. The zero-order valence-corrected chi connectivity index (χ0v) is 28.6. The van der Waals surface area contributed by atoms with Crippen molar-refractivity contribution < 1.29 is 4.74 Å². The van der Waals surface area contributed by atoms with Crippen LogP contribution in [0, 0.1) is 18.3 Å². The number of nitrogens with zero attached hydrogens (tertiary/aromatic N) is 4. The van der Waals surface area contributed by atoms with Gasteiger partial charge in [-0.25, -0.2) is 0 Å². The molecule has 0 bridgehead atoms. The number of H-pyrrole nitrogens is 1. The van der Waals surface area contributed by atoms with E-state index in [4.69, 9.17) is 4.74 Å². The minimum atomic E-state index is 0.577. The van der Waals surface area contributed by atoms with Crippen LogP contribution < -0.4 is 9.64 Å². The first kappa shape index (κ1) is 38.0. The number of nitrogens with one attached hydrogen (secondary N) is 1. The first-order valence-corrected chi connectivity index (χ1v) is 17.2. The third-order valence-corrected chi connectivity index (χ3v) is 9.05. The van der Waals surface area contributed by atoms with E-state index in [9.17, 15) is 0 Å². The lowest BCUT2D eigenvalue weighted by Crippen LogP contribution is -2.24. The topological polar surface area (TPSA) is 66.9 Å². The molecular weight excluding hydrogens is 550 g/mol. The first-order chi connectivity index (χ1) is 21.0. The van der Waals surface area contributed by atoms with Crippen molar-refractivity contribution in [2.75, 3.05) is 31.4 Å². The monoisotopic (exact) mass is 607 g/mol. The van der Waals surface area contributed by atoms with Crippen LogP contribution in [0.1, 0.15) is 103 Å². The normalized spacial score (nSPS) is 12.9. The van der Waals surface area contributed by atoms with Gasteiger partial charge in [-0.3, -0.25) is 0 Å². The van der Waals surface area contributed by atoms with Crippen LogP contribution in [-0.4, -0.2) is 47.1 Å². The number of tetrazole rings is 1. The Kier molecular flexibility index (Phi) is 20.8. The number of para-hydroxylation sites is 1. The molecule has 7 heteroatoms. The maximum atomic E-state index is 5.59. The number of fused-ring (bicyclic) bond motifs is 1. The predicted molar refractivity (Wildman–Crippen MR) is 186 cm³/mol. The Bertz CT molecular complexity index is 1080. The second-order valence-electron chi connectivity index (χ2n) is 11.0. The summed E-state index contributed by atoms with van der Waals surface area (Å²) in [6, 6.07) is 16.9. The molecule has 1 N–H and O–H groups in total. The first-order valence-electron chi connectivity index (χ1n) is 16.2. The summed E-state index contributed by atoms with van der Waals surface area (Å²) >= 11 is 2.12. The van der Waals surface area contributed by atoms with Gasteiger partial charge in [0.05, 0.1) is 6.61 Å². The maximum absolute atomic E-state index is 5.59. The number of hydrogen-bond acceptors (Lipinski definition) is 6. The Labute approximate surface area is 267 Å². The Morgan fingerprint density at radius 1 is 0.930 bits per heavy atom. The van der Waals surface area contributed by atoms with Gasteiger partial charge in [-0.2, -0.15) is 5.21 Å². The highest BCUT2D eigenvalue weighted by Crippen LogP contribution is 2.45. The molecule has 0 saturated heterocycles. The van der Waals surface area contributed by atoms with Crippen molar-refractivity contribution in [2.24, 2.45) is 5.41 Å². The van der Waals surface area contributed by atoms with E-state index in [0.29, 0.717) is 5.41 Å². The van der Waals surface area contributed by atoms with Crippen molar-refractivity contribution in [3.8, 4) is 18.6 Å². The van der Waals surface area contributed by atoms with E-state index in [1.54, 1.807) is 5.56 Å². The van der Waals surface area contributed by atoms with Crippen molar-refractivity contribution in [2.45, 2.75) is 110 Å². The van der Waals surface area contributed by atoms with Crippen LogP contribution in [0.2, 0.25) is 0 Å². The molecule has 1 aromatic heterocycles. The summed E-state index contributed by atoms with van der Waals surface area (Å²) in [5, 5.41) is 13.8. The van der Waals surface area contributed by atoms with Gasteiger partial charge in [0.25, 0.3) is 0 Å². The number of rotatable bonds is 14. The summed E-state index contributed by atoms with van der Waals surface area (Å²) in [6.45, 7) is 9.42. The van der Waals surface area contributed by atoms with Crippen molar-refractivity contribution in [3.05, 3.63) is 59.9 Å². The number of ether oxygens (including phenoxy) is 1. The quantitative estimate of drug-likeness (QED) is 0.145. The zero-order chi connectivity index (χ0) is 31.8. The standard InChI is InChI=1S/C20H33NS.C12H16N4O.C2H6.C2H2/c1-5-7-12-20(13-8-6-2)14-11-17-15-18(21(3)4)9-10-19(17)22-16-20;1-3-7-11(8-4-1)17-10-6-2-5-9-12-13-15-16-14-12;2*1-2/h9-10,15H,5-8,11-14,16H2,1-4H3;1,3-4,7-8H,2,5-6,9-10H2,(H,13,14,15,16);1-2H3;1-2H. The summed E-state index contributed by atoms with van der Waals surface area (Å²) in [4.78, 5) is 3.75. The fraction of sp³-hybridized carbons (Fsp3) is 0.583. The molecular formula is C36H57N5OS. The van der Waals surface area contributed by atoms with E-state index in [1.807, 2.05) is 44.2 Å². The van der Waals surface area contributed by atoms with Gasteiger partial charge in [0.1, 0.15) is 5.75 Å².